The van der Waals surface area contributed by atoms with Crippen molar-refractivity contribution in [1.82, 2.24) is 4.90 Å². The Morgan fingerprint density at radius 2 is 1.66 bits per heavy atom. The fourth-order valence-electron chi connectivity index (χ4n) is 4.24. The summed E-state index contributed by atoms with van der Waals surface area (Å²) in [6.45, 7) is 0.0320. The Kier molecular flexibility index (Phi) is 6.71. The number of hydrogen-bond donors (Lipinski definition) is 1. The number of ketones is 1. The van der Waals surface area contributed by atoms with Crippen LogP contribution in [0.15, 0.2) is 78.6 Å². The van der Waals surface area contributed by atoms with E-state index in [1.54, 1.807) is 67.8 Å². The summed E-state index contributed by atoms with van der Waals surface area (Å²) >= 11 is 6.04. The van der Waals surface area contributed by atoms with Crippen LogP contribution >= 0.6 is 11.6 Å². The quantitative estimate of drug-likeness (QED) is 0.448. The first kappa shape index (κ1) is 24.2. The van der Waals surface area contributed by atoms with Crippen molar-refractivity contribution in [3.05, 3.63) is 100 Å². The molecule has 0 radical (unpaired) electrons. The lowest BCUT2D eigenvalue weighted by Gasteiger charge is -2.37. The van der Waals surface area contributed by atoms with Gasteiger partial charge in [-0.1, -0.05) is 29.8 Å². The fraction of sp³-hybridized carbons (Fsp3) is 0.185. The Morgan fingerprint density at radius 3 is 2.31 bits per heavy atom. The van der Waals surface area contributed by atoms with E-state index in [-0.39, 0.29) is 6.54 Å². The van der Waals surface area contributed by atoms with Crippen LogP contribution in [0.3, 0.4) is 0 Å². The predicted octanol–water partition coefficient (Wildman–Crippen LogP) is 4.93. The van der Waals surface area contributed by atoms with E-state index >= 15 is 0 Å². The van der Waals surface area contributed by atoms with Crippen LogP contribution in [0.25, 0.3) is 0 Å². The number of benzene rings is 3. The minimum absolute atomic E-state index is 0.0320. The van der Waals surface area contributed by atoms with E-state index in [9.17, 15) is 14.7 Å². The Bertz CT molecular complexity index is 1300. The molecule has 3 aromatic rings. The van der Waals surface area contributed by atoms with Gasteiger partial charge in [-0.3, -0.25) is 9.59 Å². The molecule has 0 aromatic heterocycles. The van der Waals surface area contributed by atoms with Crippen LogP contribution in [0.1, 0.15) is 21.5 Å². The highest BCUT2D eigenvalue weighted by molar-refractivity contribution is 6.30. The zero-order valence-corrected chi connectivity index (χ0v) is 20.2. The van der Waals surface area contributed by atoms with Crippen LogP contribution in [0.4, 0.5) is 0 Å². The smallest absolute Gasteiger partial charge is 0.290 e. The number of methoxy groups -OCH3 is 3. The van der Waals surface area contributed by atoms with E-state index in [1.165, 1.54) is 25.2 Å². The second-order valence-electron chi connectivity index (χ2n) is 7.94. The standard InChI is InChI=1S/C27H24ClNO6/c1-33-21-6-4-5-17(13-21)16-29-26(32)22(30)15-27(29,25(31)18-7-10-20(28)11-8-18)19-9-12-23(34-2)24(14-19)35-3/h4-15,30H,16H2,1-3H3. The molecule has 1 amide bonds. The Morgan fingerprint density at radius 1 is 0.943 bits per heavy atom. The van der Waals surface area contributed by atoms with Gasteiger partial charge < -0.3 is 24.2 Å². The van der Waals surface area contributed by atoms with Crippen molar-refractivity contribution in [2.24, 2.45) is 0 Å². The predicted molar refractivity (Wildman–Crippen MR) is 131 cm³/mol. The molecule has 1 heterocycles. The number of carbonyl (C=O) groups is 2. The third-order valence-corrected chi connectivity index (χ3v) is 6.24. The molecule has 1 N–H and O–H groups in total. The van der Waals surface area contributed by atoms with Gasteiger partial charge >= 0.3 is 0 Å². The van der Waals surface area contributed by atoms with Gasteiger partial charge in [0.05, 0.1) is 21.3 Å². The average molecular weight is 494 g/mol. The lowest BCUT2D eigenvalue weighted by Crippen LogP contribution is -2.49. The zero-order valence-electron chi connectivity index (χ0n) is 19.4. The van der Waals surface area contributed by atoms with E-state index in [2.05, 4.69) is 0 Å². The van der Waals surface area contributed by atoms with Crippen molar-refractivity contribution >= 4 is 23.3 Å². The van der Waals surface area contributed by atoms with Gasteiger partial charge in [0.1, 0.15) is 5.75 Å². The van der Waals surface area contributed by atoms with Gasteiger partial charge in [0.15, 0.2) is 28.6 Å². The fourth-order valence-corrected chi connectivity index (χ4v) is 4.36. The zero-order chi connectivity index (χ0) is 25.2. The molecule has 0 aliphatic carbocycles. The molecule has 0 fully saturated rings. The van der Waals surface area contributed by atoms with Gasteiger partial charge in [-0.2, -0.15) is 0 Å². The van der Waals surface area contributed by atoms with E-state index in [1.807, 2.05) is 6.07 Å². The number of amides is 1. The van der Waals surface area contributed by atoms with Crippen molar-refractivity contribution in [1.29, 1.82) is 0 Å². The second-order valence-corrected chi connectivity index (χ2v) is 8.38. The number of ether oxygens (including phenoxy) is 3. The summed E-state index contributed by atoms with van der Waals surface area (Å²) in [6, 6.07) is 18.5. The van der Waals surface area contributed by atoms with Crippen LogP contribution in [0.5, 0.6) is 17.2 Å². The van der Waals surface area contributed by atoms with Crippen molar-refractivity contribution < 1.29 is 28.9 Å². The largest absolute Gasteiger partial charge is 0.503 e. The number of nitrogens with zero attached hydrogens (tertiary/aromatic N) is 1. The summed E-state index contributed by atoms with van der Waals surface area (Å²) in [5, 5.41) is 11.1. The van der Waals surface area contributed by atoms with Crippen molar-refractivity contribution in [3.63, 3.8) is 0 Å². The molecule has 3 aromatic carbocycles. The van der Waals surface area contributed by atoms with Gasteiger partial charge in [-0.15, -0.1) is 0 Å². The first-order chi connectivity index (χ1) is 16.8. The van der Waals surface area contributed by atoms with E-state index in [0.29, 0.717) is 33.4 Å². The van der Waals surface area contributed by atoms with Gasteiger partial charge in [0.2, 0.25) is 0 Å². The van der Waals surface area contributed by atoms with Crippen LogP contribution in [0.2, 0.25) is 5.02 Å². The van der Waals surface area contributed by atoms with Crippen molar-refractivity contribution in [2.45, 2.75) is 12.1 Å². The minimum atomic E-state index is -1.66. The molecule has 0 saturated heterocycles. The SMILES string of the molecule is COc1cccc(CN2C(=O)C(O)=CC2(C(=O)c2ccc(Cl)cc2)c2ccc(OC)c(OC)c2)c1. The maximum atomic E-state index is 14.2. The van der Waals surface area contributed by atoms with Crippen molar-refractivity contribution in [3.8, 4) is 17.2 Å². The number of carbonyl (C=O) groups excluding carboxylic acids is 2. The number of rotatable bonds is 8. The molecule has 180 valence electrons. The average Bonchev–Trinajstić information content (AvgIpc) is 3.14. The summed E-state index contributed by atoms with van der Waals surface area (Å²) in [5.74, 6) is -0.173. The highest BCUT2D eigenvalue weighted by Gasteiger charge is 2.52. The third-order valence-electron chi connectivity index (χ3n) is 5.99. The molecule has 0 spiro atoms. The monoisotopic (exact) mass is 493 g/mol. The molecule has 0 saturated carbocycles. The topological polar surface area (TPSA) is 85.3 Å². The minimum Gasteiger partial charge on any atom is -0.503 e. The molecule has 1 aliphatic rings. The van der Waals surface area contributed by atoms with Gasteiger partial charge in [0, 0.05) is 23.2 Å². The summed E-state index contributed by atoms with van der Waals surface area (Å²) in [7, 11) is 4.54. The first-order valence-corrected chi connectivity index (χ1v) is 11.1. The molecule has 8 heteroatoms. The molecule has 1 atom stereocenters. The number of aliphatic hydroxyl groups is 1. The molecular weight excluding hydrogens is 470 g/mol. The Labute approximate surface area is 208 Å². The third kappa shape index (κ3) is 4.31. The Balaban J connectivity index is 1.93. The van der Waals surface area contributed by atoms with Crippen LogP contribution in [-0.4, -0.2) is 43.0 Å². The molecule has 0 bridgehead atoms. The molecule has 35 heavy (non-hydrogen) atoms. The number of Topliss-reactive ketones (excluding diaryl/α,β-unsaturated/α-hetero) is 1. The highest BCUT2D eigenvalue weighted by atomic mass is 35.5. The summed E-state index contributed by atoms with van der Waals surface area (Å²) < 4.78 is 16.1. The van der Waals surface area contributed by atoms with Gasteiger partial charge in [-0.05, 0) is 59.7 Å². The van der Waals surface area contributed by atoms with Crippen LogP contribution < -0.4 is 14.2 Å². The summed E-state index contributed by atoms with van der Waals surface area (Å²) in [6.07, 6.45) is 1.29. The lowest BCUT2D eigenvalue weighted by molar-refractivity contribution is -0.131. The van der Waals surface area contributed by atoms with Gasteiger partial charge in [0.25, 0.3) is 5.91 Å². The van der Waals surface area contributed by atoms with Crippen LogP contribution in [0, 0.1) is 0 Å². The normalized spacial score (nSPS) is 17.2. The van der Waals surface area contributed by atoms with Crippen LogP contribution in [-0.2, 0) is 16.9 Å². The summed E-state index contributed by atoms with van der Waals surface area (Å²) in [5.41, 5.74) is -0.194. The number of aliphatic hydroxyl groups excluding tert-OH is 1. The van der Waals surface area contributed by atoms with E-state index < -0.39 is 23.0 Å². The lowest BCUT2D eigenvalue weighted by atomic mass is 9.81. The number of halogens is 1. The van der Waals surface area contributed by atoms with E-state index in [4.69, 9.17) is 25.8 Å². The first-order valence-electron chi connectivity index (χ1n) is 10.7. The second kappa shape index (κ2) is 9.72. The summed E-state index contributed by atoms with van der Waals surface area (Å²) in [4.78, 5) is 28.8. The molecule has 7 nitrogen and oxygen atoms in total. The maximum absolute atomic E-state index is 14.2. The molecular formula is C27H24ClNO6. The molecule has 4 rings (SSSR count). The highest BCUT2D eigenvalue weighted by Crippen LogP contribution is 2.44. The van der Waals surface area contributed by atoms with E-state index in [0.717, 1.165) is 5.56 Å². The molecule has 1 unspecified atom stereocenters. The van der Waals surface area contributed by atoms with Gasteiger partial charge in [-0.25, -0.2) is 0 Å². The Hall–Kier alpha value is -3.97. The molecule has 1 aliphatic heterocycles. The number of hydrogen-bond acceptors (Lipinski definition) is 6. The van der Waals surface area contributed by atoms with Crippen molar-refractivity contribution in [2.75, 3.05) is 21.3 Å². The maximum Gasteiger partial charge on any atom is 0.290 e.